The third kappa shape index (κ3) is 38.5. The van der Waals surface area contributed by atoms with Crippen LogP contribution in [0, 0.1) is 0 Å². The fourth-order valence-electron chi connectivity index (χ4n) is 7.23. The first-order chi connectivity index (χ1) is 36.7. The third-order valence-electron chi connectivity index (χ3n) is 11.1. The van der Waals surface area contributed by atoms with E-state index in [0.29, 0.717) is 210 Å². The van der Waals surface area contributed by atoms with Crippen molar-refractivity contribution < 1.29 is 94.2 Å². The highest BCUT2D eigenvalue weighted by Gasteiger charge is 2.54. The second kappa shape index (κ2) is 49.6. The molecule has 4 unspecified atom stereocenters. The van der Waals surface area contributed by atoms with Gasteiger partial charge in [-0.1, -0.05) is 0 Å². The van der Waals surface area contributed by atoms with E-state index in [1.54, 1.807) is 0 Å². The molecule has 4 atom stereocenters. The minimum Gasteiger partial charge on any atom is -0.379 e. The van der Waals surface area contributed by atoms with Gasteiger partial charge in [-0.3, -0.25) is 0 Å². The van der Waals surface area contributed by atoms with Crippen LogP contribution in [0.2, 0.25) is 6.04 Å². The van der Waals surface area contributed by atoms with Crippen molar-refractivity contribution in [2.45, 2.75) is 68.9 Å². The SMILES string of the molecule is OC(CCC[Si]12OCC(CO1)O2)OCCCOCC(COCCOCCCOCC1COCCSCCOCCOCCSCCO1)OCCOCCCOCC1COCCSCCOCCOCCSCCO1. The van der Waals surface area contributed by atoms with Crippen molar-refractivity contribution in [3.8, 4) is 0 Å². The minimum absolute atomic E-state index is 0.0748. The average Bonchev–Trinajstić information content (AvgIpc) is 4.01. The van der Waals surface area contributed by atoms with Crippen molar-refractivity contribution in [2.24, 2.45) is 0 Å². The molecule has 438 valence electrons. The molecular formula is C49H94O20S4Si. The molecule has 4 fully saturated rings. The molecule has 0 aliphatic carbocycles. The number of thioether (sulfide) groups is 4. The van der Waals surface area contributed by atoms with Gasteiger partial charge in [-0.25, -0.2) is 0 Å². The predicted octanol–water partition coefficient (Wildman–Crippen LogP) is 3.97. The van der Waals surface area contributed by atoms with Gasteiger partial charge < -0.3 is 94.2 Å². The van der Waals surface area contributed by atoms with Gasteiger partial charge in [0.25, 0.3) is 0 Å². The van der Waals surface area contributed by atoms with E-state index >= 15 is 0 Å². The molecule has 4 aliphatic heterocycles. The fourth-order valence-corrected chi connectivity index (χ4v) is 12.7. The number of hydrogen-bond acceptors (Lipinski definition) is 24. The van der Waals surface area contributed by atoms with Gasteiger partial charge in [0.1, 0.15) is 18.3 Å². The summed E-state index contributed by atoms with van der Waals surface area (Å²) in [5, 5.41) is 10.3. The molecule has 20 nitrogen and oxygen atoms in total. The van der Waals surface area contributed by atoms with E-state index in [2.05, 4.69) is 0 Å². The molecule has 4 rings (SSSR count). The molecule has 2 bridgehead atoms. The van der Waals surface area contributed by atoms with Gasteiger partial charge in [-0.15, -0.1) is 0 Å². The topological polar surface area (TPSA) is 196 Å². The molecule has 0 saturated carbocycles. The molecule has 0 amide bonds. The summed E-state index contributed by atoms with van der Waals surface area (Å²) in [6.45, 7) is 16.6. The lowest BCUT2D eigenvalue weighted by molar-refractivity contribution is -0.111. The van der Waals surface area contributed by atoms with Crippen molar-refractivity contribution in [3.05, 3.63) is 0 Å². The number of aliphatic hydroxyl groups excluding tert-OH is 1. The zero-order valence-corrected chi connectivity index (χ0v) is 48.6. The number of hydrogen-bond donors (Lipinski definition) is 1. The van der Waals surface area contributed by atoms with Crippen LogP contribution in [0.5, 0.6) is 0 Å². The standard InChI is InChI=1S/C49H94O20S4Si/c50-49(5-1-36-74-67-43-48(69-74)44-68-74)66-11-4-10-59-37-45(63-19-18-52-7-3-9-58-39-47-42-62-25-33-71-29-21-54-13-15-56-23-31-73-35-27-65-47)40-60-17-16-51-6-2-8-57-38-46-41-61-24-32-70-28-20-53-12-14-55-22-30-72-34-26-64-46/h45-50H,1-44H2. The van der Waals surface area contributed by atoms with Crippen LogP contribution < -0.4 is 0 Å². The van der Waals surface area contributed by atoms with E-state index in [0.717, 1.165) is 72.1 Å². The molecule has 74 heavy (non-hydrogen) atoms. The third-order valence-corrected chi connectivity index (χ3v) is 17.6. The van der Waals surface area contributed by atoms with E-state index in [1.807, 2.05) is 47.0 Å². The second-order valence-electron chi connectivity index (χ2n) is 17.4. The van der Waals surface area contributed by atoms with Crippen LogP contribution in [0.3, 0.4) is 0 Å². The highest BCUT2D eigenvalue weighted by molar-refractivity contribution is 7.99. The highest BCUT2D eigenvalue weighted by atomic mass is 32.2. The quantitative estimate of drug-likeness (QED) is 0.0577. The Bertz CT molecular complexity index is 1180. The molecule has 0 spiro atoms. The average molecular weight is 1160 g/mol. The zero-order chi connectivity index (χ0) is 51.8. The summed E-state index contributed by atoms with van der Waals surface area (Å²) in [7, 11) is -2.50. The Hall–Kier alpha value is 0.817. The molecule has 0 radical (unpaired) electrons. The Balaban J connectivity index is 1.04. The van der Waals surface area contributed by atoms with Crippen molar-refractivity contribution in [1.82, 2.24) is 0 Å². The van der Waals surface area contributed by atoms with Crippen LogP contribution in [0.25, 0.3) is 0 Å². The maximum Gasteiger partial charge on any atom is 0.501 e. The molecule has 4 aliphatic rings. The van der Waals surface area contributed by atoms with Crippen LogP contribution >= 0.6 is 47.0 Å². The Kier molecular flexibility index (Phi) is 45.1. The molecule has 0 aromatic heterocycles. The van der Waals surface area contributed by atoms with Crippen LogP contribution in [-0.4, -0.2) is 289 Å². The summed E-state index contributed by atoms with van der Waals surface area (Å²) < 4.78 is 111. The lowest BCUT2D eigenvalue weighted by Crippen LogP contribution is -2.38. The Labute approximate surface area is 460 Å². The number of fused-ring (bicyclic) bond motifs is 2. The molecule has 25 heteroatoms. The molecule has 1 N–H and O–H groups in total. The molecule has 0 aromatic carbocycles. The number of ether oxygens (including phenoxy) is 16. The molecule has 0 aromatic rings. The summed E-state index contributed by atoms with van der Waals surface area (Å²) in [6, 6.07) is 0.693. The van der Waals surface area contributed by atoms with Gasteiger partial charge in [0.15, 0.2) is 6.29 Å². The lowest BCUT2D eigenvalue weighted by Gasteiger charge is -2.20. The summed E-state index contributed by atoms with van der Waals surface area (Å²) in [5.41, 5.74) is 0. The van der Waals surface area contributed by atoms with Gasteiger partial charge >= 0.3 is 8.80 Å². The normalized spacial score (nSPS) is 25.7. The molecular weight excluding hydrogens is 1060 g/mol. The van der Waals surface area contributed by atoms with Gasteiger partial charge in [0.2, 0.25) is 0 Å². The Morgan fingerprint density at radius 1 is 0.419 bits per heavy atom. The maximum absolute atomic E-state index is 10.3. The molecule has 4 heterocycles. The highest BCUT2D eigenvalue weighted by Crippen LogP contribution is 2.33. The first-order valence-electron chi connectivity index (χ1n) is 27.0. The summed E-state index contributed by atoms with van der Waals surface area (Å²) in [4.78, 5) is 0. The van der Waals surface area contributed by atoms with Crippen LogP contribution in [0.4, 0.5) is 0 Å². The van der Waals surface area contributed by atoms with E-state index in [1.165, 1.54) is 0 Å². The van der Waals surface area contributed by atoms with Crippen molar-refractivity contribution in [2.75, 3.05) is 244 Å². The van der Waals surface area contributed by atoms with Crippen LogP contribution in [-0.2, 0) is 89.1 Å². The second-order valence-corrected chi connectivity index (χ2v) is 25.0. The van der Waals surface area contributed by atoms with Crippen molar-refractivity contribution >= 4 is 55.9 Å². The van der Waals surface area contributed by atoms with Gasteiger partial charge in [-0.05, 0) is 32.1 Å². The monoisotopic (exact) mass is 1160 g/mol. The van der Waals surface area contributed by atoms with E-state index < -0.39 is 15.1 Å². The Morgan fingerprint density at radius 3 is 1.36 bits per heavy atom. The first kappa shape index (κ1) is 67.3. The predicted molar refractivity (Wildman–Crippen MR) is 291 cm³/mol. The number of aliphatic hydroxyl groups is 1. The maximum atomic E-state index is 10.3. The minimum atomic E-state index is -2.50. The van der Waals surface area contributed by atoms with Gasteiger partial charge in [-0.2, -0.15) is 47.0 Å². The summed E-state index contributed by atoms with van der Waals surface area (Å²) >= 11 is 7.28. The Morgan fingerprint density at radius 2 is 0.851 bits per heavy atom. The molecule has 4 saturated heterocycles. The van der Waals surface area contributed by atoms with Gasteiger partial charge in [0, 0.05) is 85.1 Å². The summed E-state index contributed by atoms with van der Waals surface area (Å²) in [5.74, 6) is 7.35. The van der Waals surface area contributed by atoms with Crippen molar-refractivity contribution in [1.29, 1.82) is 0 Å². The fraction of sp³-hybridized carbons (Fsp3) is 1.00. The van der Waals surface area contributed by atoms with E-state index in [4.69, 9.17) is 89.1 Å². The van der Waals surface area contributed by atoms with E-state index in [-0.39, 0.29) is 24.4 Å². The van der Waals surface area contributed by atoms with Gasteiger partial charge in [0.05, 0.1) is 171 Å². The largest absolute Gasteiger partial charge is 0.501 e. The van der Waals surface area contributed by atoms with E-state index in [9.17, 15) is 5.11 Å². The zero-order valence-electron chi connectivity index (χ0n) is 44.3. The first-order valence-corrected chi connectivity index (χ1v) is 33.6. The van der Waals surface area contributed by atoms with Crippen LogP contribution in [0.15, 0.2) is 0 Å². The van der Waals surface area contributed by atoms with Crippen molar-refractivity contribution in [3.63, 3.8) is 0 Å². The van der Waals surface area contributed by atoms with Crippen LogP contribution in [0.1, 0.15) is 32.1 Å². The lowest BCUT2D eigenvalue weighted by atomic mass is 10.3. The smallest absolute Gasteiger partial charge is 0.379 e. The number of rotatable bonds is 32. The summed E-state index contributed by atoms with van der Waals surface area (Å²) in [6.07, 6.45) is 2.02.